The van der Waals surface area contributed by atoms with Gasteiger partial charge in [0.2, 0.25) is 0 Å². The summed E-state index contributed by atoms with van der Waals surface area (Å²) in [6, 6.07) is 0.369. The van der Waals surface area contributed by atoms with Crippen LogP contribution in [0.2, 0.25) is 0 Å². The maximum atomic E-state index is 13.9. The van der Waals surface area contributed by atoms with Crippen LogP contribution in [0.3, 0.4) is 0 Å². The molecule has 1 atom stereocenters. The van der Waals surface area contributed by atoms with E-state index in [1.54, 1.807) is 0 Å². The van der Waals surface area contributed by atoms with Crippen LogP contribution < -0.4 is 5.32 Å². The molecule has 0 bridgehead atoms. The lowest BCUT2D eigenvalue weighted by Crippen LogP contribution is -2.29. The highest BCUT2D eigenvalue weighted by molar-refractivity contribution is 5.56. The predicted molar refractivity (Wildman–Crippen MR) is 58.7 cm³/mol. The van der Waals surface area contributed by atoms with Gasteiger partial charge in [-0.05, 0) is 67.5 Å². The molecule has 0 saturated carbocycles. The third-order valence-electron chi connectivity index (χ3n) is 4.02. The predicted octanol–water partition coefficient (Wildman–Crippen LogP) is 2.30. The maximum absolute atomic E-state index is 13.9. The quantitative estimate of drug-likeness (QED) is 0.781. The minimum absolute atomic E-state index is 0.115. The van der Waals surface area contributed by atoms with Crippen LogP contribution in [0.15, 0.2) is 0 Å². The maximum Gasteiger partial charge on any atom is 0.130 e. The lowest BCUT2D eigenvalue weighted by atomic mass is 9.72. The van der Waals surface area contributed by atoms with Gasteiger partial charge in [0.1, 0.15) is 5.82 Å². The standard InChI is InChI=1S/C13H16FN/c1-7(15-2)12-8-3-5-10(8)13(14)11-6-4-9(11)12/h7,15H,3-6H2,1-2H3. The first kappa shape index (κ1) is 9.34. The van der Waals surface area contributed by atoms with Crippen molar-refractivity contribution in [2.24, 2.45) is 0 Å². The summed E-state index contributed by atoms with van der Waals surface area (Å²) in [7, 11) is 1.98. The molecule has 2 heteroatoms. The van der Waals surface area contributed by atoms with Crippen molar-refractivity contribution in [3.05, 3.63) is 33.6 Å². The summed E-state index contributed by atoms with van der Waals surface area (Å²) in [5.41, 5.74) is 6.01. The van der Waals surface area contributed by atoms with Gasteiger partial charge in [-0.25, -0.2) is 4.39 Å². The molecule has 1 nitrogen and oxygen atoms in total. The molecule has 0 aliphatic heterocycles. The molecule has 1 aromatic rings. The minimum Gasteiger partial charge on any atom is -0.313 e. The van der Waals surface area contributed by atoms with Crippen molar-refractivity contribution < 1.29 is 4.39 Å². The second-order valence-electron chi connectivity index (χ2n) is 4.65. The van der Waals surface area contributed by atoms with E-state index in [4.69, 9.17) is 0 Å². The monoisotopic (exact) mass is 205 g/mol. The Hall–Kier alpha value is -0.890. The van der Waals surface area contributed by atoms with Crippen LogP contribution in [0.4, 0.5) is 4.39 Å². The lowest BCUT2D eigenvalue weighted by Gasteiger charge is -2.35. The van der Waals surface area contributed by atoms with Gasteiger partial charge in [-0.3, -0.25) is 0 Å². The van der Waals surface area contributed by atoms with Crippen molar-refractivity contribution in [3.63, 3.8) is 0 Å². The molecule has 1 aromatic carbocycles. The Balaban J connectivity index is 2.22. The van der Waals surface area contributed by atoms with Gasteiger partial charge >= 0.3 is 0 Å². The van der Waals surface area contributed by atoms with Crippen molar-refractivity contribution >= 4 is 0 Å². The van der Waals surface area contributed by atoms with Crippen LogP contribution in [0.5, 0.6) is 0 Å². The number of rotatable bonds is 2. The topological polar surface area (TPSA) is 12.0 Å². The van der Waals surface area contributed by atoms with Gasteiger partial charge in [-0.2, -0.15) is 0 Å². The number of fused-ring (bicyclic) bond motifs is 2. The Kier molecular flexibility index (Phi) is 1.90. The van der Waals surface area contributed by atoms with E-state index in [0.29, 0.717) is 6.04 Å². The summed E-state index contributed by atoms with van der Waals surface area (Å²) < 4.78 is 13.9. The van der Waals surface area contributed by atoms with Gasteiger partial charge in [-0.1, -0.05) is 0 Å². The van der Waals surface area contributed by atoms with E-state index in [9.17, 15) is 4.39 Å². The molecule has 0 radical (unpaired) electrons. The molecule has 2 aliphatic carbocycles. The van der Waals surface area contributed by atoms with Gasteiger partial charge in [0, 0.05) is 6.04 Å². The van der Waals surface area contributed by atoms with E-state index in [2.05, 4.69) is 12.2 Å². The molecule has 0 spiro atoms. The molecular formula is C13H16FN. The van der Waals surface area contributed by atoms with Crippen LogP contribution >= 0.6 is 0 Å². The van der Waals surface area contributed by atoms with Gasteiger partial charge in [0.05, 0.1) is 0 Å². The van der Waals surface area contributed by atoms with Crippen molar-refractivity contribution in [1.29, 1.82) is 0 Å². The molecule has 1 N–H and O–H groups in total. The number of hydrogen-bond acceptors (Lipinski definition) is 1. The zero-order chi connectivity index (χ0) is 10.6. The Morgan fingerprint density at radius 2 is 1.47 bits per heavy atom. The highest BCUT2D eigenvalue weighted by Crippen LogP contribution is 2.42. The van der Waals surface area contributed by atoms with Gasteiger partial charge in [-0.15, -0.1) is 0 Å². The Bertz CT molecular complexity index is 404. The molecule has 0 aromatic heterocycles. The van der Waals surface area contributed by atoms with Crippen molar-refractivity contribution in [3.8, 4) is 0 Å². The normalized spacial score (nSPS) is 18.6. The van der Waals surface area contributed by atoms with Crippen molar-refractivity contribution in [2.45, 2.75) is 38.6 Å². The smallest absolute Gasteiger partial charge is 0.130 e. The van der Waals surface area contributed by atoms with E-state index in [1.807, 2.05) is 7.05 Å². The average Bonchev–Trinajstić information content (AvgIpc) is 2.10. The SMILES string of the molecule is CNC(C)c1c2c(c(F)c3c1CC3)CC2. The molecular weight excluding hydrogens is 189 g/mol. The summed E-state index contributed by atoms with van der Waals surface area (Å²) in [6.07, 6.45) is 4.03. The minimum atomic E-state index is 0.115. The molecule has 0 fully saturated rings. The van der Waals surface area contributed by atoms with Crippen LogP contribution in [0.1, 0.15) is 40.8 Å². The highest BCUT2D eigenvalue weighted by atomic mass is 19.1. The lowest BCUT2D eigenvalue weighted by molar-refractivity contribution is 0.531. The third-order valence-corrected chi connectivity index (χ3v) is 4.02. The second kappa shape index (κ2) is 3.05. The summed E-state index contributed by atoms with van der Waals surface area (Å²) in [5.74, 6) is 0.115. The molecule has 3 rings (SSSR count). The number of halogens is 1. The Morgan fingerprint density at radius 3 is 1.80 bits per heavy atom. The molecule has 0 saturated heterocycles. The second-order valence-corrected chi connectivity index (χ2v) is 4.65. The fourth-order valence-electron chi connectivity index (χ4n) is 2.86. The van der Waals surface area contributed by atoms with Crippen molar-refractivity contribution in [2.75, 3.05) is 7.05 Å². The van der Waals surface area contributed by atoms with E-state index >= 15 is 0 Å². The van der Waals surface area contributed by atoms with E-state index in [-0.39, 0.29) is 5.82 Å². The van der Waals surface area contributed by atoms with E-state index in [0.717, 1.165) is 36.8 Å². The van der Waals surface area contributed by atoms with E-state index in [1.165, 1.54) is 16.7 Å². The van der Waals surface area contributed by atoms with Crippen LogP contribution in [-0.4, -0.2) is 7.05 Å². The van der Waals surface area contributed by atoms with Crippen LogP contribution in [0.25, 0.3) is 0 Å². The van der Waals surface area contributed by atoms with E-state index < -0.39 is 0 Å². The van der Waals surface area contributed by atoms with Crippen LogP contribution in [-0.2, 0) is 25.7 Å². The molecule has 1 unspecified atom stereocenters. The number of benzene rings is 1. The Morgan fingerprint density at radius 1 is 1.00 bits per heavy atom. The first-order chi connectivity index (χ1) is 7.24. The fourth-order valence-corrected chi connectivity index (χ4v) is 2.86. The zero-order valence-electron chi connectivity index (χ0n) is 9.28. The zero-order valence-corrected chi connectivity index (χ0v) is 9.28. The van der Waals surface area contributed by atoms with Crippen molar-refractivity contribution in [1.82, 2.24) is 5.32 Å². The largest absolute Gasteiger partial charge is 0.313 e. The van der Waals surface area contributed by atoms with Gasteiger partial charge < -0.3 is 5.32 Å². The average molecular weight is 205 g/mol. The molecule has 15 heavy (non-hydrogen) atoms. The fraction of sp³-hybridized carbons (Fsp3) is 0.538. The summed E-state index contributed by atoms with van der Waals surface area (Å²) in [4.78, 5) is 0. The molecule has 2 aliphatic rings. The molecule has 80 valence electrons. The summed E-state index contributed by atoms with van der Waals surface area (Å²) >= 11 is 0. The highest BCUT2D eigenvalue weighted by Gasteiger charge is 2.33. The number of hydrogen-bond donors (Lipinski definition) is 1. The summed E-state index contributed by atoms with van der Waals surface area (Å²) in [6.45, 7) is 2.17. The van der Waals surface area contributed by atoms with Crippen LogP contribution in [0, 0.1) is 5.82 Å². The third kappa shape index (κ3) is 1.06. The first-order valence-corrected chi connectivity index (χ1v) is 5.76. The first-order valence-electron chi connectivity index (χ1n) is 5.76. The molecule has 0 heterocycles. The Labute approximate surface area is 89.7 Å². The van der Waals surface area contributed by atoms with Gasteiger partial charge in [0.25, 0.3) is 0 Å². The summed E-state index contributed by atoms with van der Waals surface area (Å²) in [5, 5.41) is 3.28. The van der Waals surface area contributed by atoms with Gasteiger partial charge in [0.15, 0.2) is 0 Å². The number of nitrogens with one attached hydrogen (secondary N) is 1. The molecule has 0 amide bonds.